The molecule has 0 saturated heterocycles. The highest BCUT2D eigenvalue weighted by molar-refractivity contribution is 6.33. The van der Waals surface area contributed by atoms with E-state index >= 15 is 0 Å². The number of nitrogens with one attached hydrogen (secondary N) is 1. The van der Waals surface area contributed by atoms with Crippen LogP contribution in [0.25, 0.3) is 11.2 Å². The van der Waals surface area contributed by atoms with Gasteiger partial charge in [0.25, 0.3) is 5.95 Å². The Bertz CT molecular complexity index is 764. The molecule has 0 amide bonds. The van der Waals surface area contributed by atoms with E-state index in [4.69, 9.17) is 20.8 Å². The van der Waals surface area contributed by atoms with Crippen molar-refractivity contribution in [3.63, 3.8) is 0 Å². The van der Waals surface area contributed by atoms with Crippen LogP contribution in [0.3, 0.4) is 0 Å². The van der Waals surface area contributed by atoms with Gasteiger partial charge in [-0.2, -0.15) is 9.97 Å². The number of hydrogen-bond acceptors (Lipinski definition) is 6. The highest BCUT2D eigenvalue weighted by atomic mass is 35.5. The molecular formula is C12H10ClN5O2. The summed E-state index contributed by atoms with van der Waals surface area (Å²) in [4.78, 5) is 19.2. The molecule has 3 rings (SSSR count). The van der Waals surface area contributed by atoms with E-state index in [2.05, 4.69) is 24.9 Å². The molecule has 0 atom stereocenters. The van der Waals surface area contributed by atoms with Crippen LogP contribution < -0.4 is 0 Å². The van der Waals surface area contributed by atoms with Gasteiger partial charge in [-0.1, -0.05) is 11.6 Å². The van der Waals surface area contributed by atoms with Crippen molar-refractivity contribution in [1.82, 2.24) is 19.9 Å². The van der Waals surface area contributed by atoms with Gasteiger partial charge in [-0.15, -0.1) is 0 Å². The van der Waals surface area contributed by atoms with Crippen LogP contribution in [0, 0.1) is 0 Å². The summed E-state index contributed by atoms with van der Waals surface area (Å²) in [5.41, 5.74) is 1.06. The van der Waals surface area contributed by atoms with Crippen LogP contribution in [0.5, 0.6) is 0 Å². The first-order valence-electron chi connectivity index (χ1n) is 5.74. The minimum atomic E-state index is 0.222. The van der Waals surface area contributed by atoms with E-state index in [-0.39, 0.29) is 11.1 Å². The molecule has 3 aromatic rings. The number of halogens is 1. The molecule has 8 heteroatoms. The van der Waals surface area contributed by atoms with Gasteiger partial charge in [0.15, 0.2) is 10.8 Å². The number of fused-ring (bicyclic) bond motifs is 1. The number of rotatable bonds is 4. The lowest BCUT2D eigenvalue weighted by Crippen LogP contribution is -1.86. The Hall–Kier alpha value is -2.25. The maximum absolute atomic E-state index is 5.99. The number of aliphatic imine (C=N–C) groups is 1. The molecule has 0 bridgehead atoms. The molecule has 20 heavy (non-hydrogen) atoms. The number of aromatic amines is 1. The molecule has 1 N–H and O–H groups in total. The van der Waals surface area contributed by atoms with E-state index < -0.39 is 0 Å². The number of ether oxygens (including phenoxy) is 1. The number of H-pyrrole nitrogens is 1. The van der Waals surface area contributed by atoms with Crippen molar-refractivity contribution in [2.45, 2.75) is 6.61 Å². The molecule has 0 saturated carbocycles. The van der Waals surface area contributed by atoms with Crippen LogP contribution in [-0.4, -0.2) is 33.3 Å². The Balaban J connectivity index is 1.85. The SMILES string of the molecule is COCc1ccc(C=Nc2nc(Cl)c3[nH]cnc3n2)o1. The lowest BCUT2D eigenvalue weighted by molar-refractivity contribution is 0.164. The summed E-state index contributed by atoms with van der Waals surface area (Å²) >= 11 is 5.99. The van der Waals surface area contributed by atoms with Gasteiger partial charge in [0.2, 0.25) is 0 Å². The average molecular weight is 292 g/mol. The van der Waals surface area contributed by atoms with E-state index in [1.165, 1.54) is 12.5 Å². The van der Waals surface area contributed by atoms with Gasteiger partial charge in [0, 0.05) is 7.11 Å². The van der Waals surface area contributed by atoms with Crippen LogP contribution in [0.15, 0.2) is 27.9 Å². The molecule has 0 fully saturated rings. The highest BCUT2D eigenvalue weighted by Crippen LogP contribution is 2.19. The van der Waals surface area contributed by atoms with Gasteiger partial charge >= 0.3 is 0 Å². The molecule has 0 aliphatic carbocycles. The summed E-state index contributed by atoms with van der Waals surface area (Å²) in [6, 6.07) is 3.60. The molecule has 0 unspecified atom stereocenters. The minimum Gasteiger partial charge on any atom is -0.458 e. The van der Waals surface area contributed by atoms with Gasteiger partial charge in [0.1, 0.15) is 23.6 Å². The molecular weight excluding hydrogens is 282 g/mol. The fourth-order valence-corrected chi connectivity index (χ4v) is 1.86. The second-order valence-corrected chi connectivity index (χ2v) is 4.27. The molecule has 0 aliphatic rings. The maximum atomic E-state index is 5.99. The second-order valence-electron chi connectivity index (χ2n) is 3.91. The summed E-state index contributed by atoms with van der Waals surface area (Å²) < 4.78 is 10.4. The number of imidazole rings is 1. The molecule has 7 nitrogen and oxygen atoms in total. The third-order valence-electron chi connectivity index (χ3n) is 2.51. The quantitative estimate of drug-likeness (QED) is 0.589. The smallest absolute Gasteiger partial charge is 0.253 e. The van der Waals surface area contributed by atoms with Crippen molar-refractivity contribution in [2.24, 2.45) is 4.99 Å². The van der Waals surface area contributed by atoms with E-state index in [1.807, 2.05) is 6.07 Å². The third kappa shape index (κ3) is 2.54. The largest absolute Gasteiger partial charge is 0.458 e. The maximum Gasteiger partial charge on any atom is 0.253 e. The first-order valence-corrected chi connectivity index (χ1v) is 6.12. The molecule has 3 aromatic heterocycles. The van der Waals surface area contributed by atoms with Crippen LogP contribution >= 0.6 is 11.6 Å². The highest BCUT2D eigenvalue weighted by Gasteiger charge is 2.07. The lowest BCUT2D eigenvalue weighted by Gasteiger charge is -1.94. The van der Waals surface area contributed by atoms with Crippen LogP contribution in [0.2, 0.25) is 5.15 Å². The molecule has 3 heterocycles. The summed E-state index contributed by atoms with van der Waals surface area (Å²) in [5, 5.41) is 0.277. The lowest BCUT2D eigenvalue weighted by atomic mass is 10.4. The van der Waals surface area contributed by atoms with Gasteiger partial charge in [-0.25, -0.2) is 9.98 Å². The Labute approximate surface area is 118 Å². The van der Waals surface area contributed by atoms with Crippen molar-refractivity contribution in [3.8, 4) is 0 Å². The van der Waals surface area contributed by atoms with Gasteiger partial charge in [-0.05, 0) is 12.1 Å². The Morgan fingerprint density at radius 1 is 1.45 bits per heavy atom. The molecule has 0 radical (unpaired) electrons. The summed E-state index contributed by atoms with van der Waals surface area (Å²) in [5.74, 6) is 1.52. The fraction of sp³-hybridized carbons (Fsp3) is 0.167. The Morgan fingerprint density at radius 2 is 2.35 bits per heavy atom. The average Bonchev–Trinajstić information content (AvgIpc) is 3.06. The van der Waals surface area contributed by atoms with E-state index in [9.17, 15) is 0 Å². The van der Waals surface area contributed by atoms with Crippen LogP contribution in [0.1, 0.15) is 11.5 Å². The van der Waals surface area contributed by atoms with Gasteiger partial charge in [0.05, 0.1) is 12.5 Å². The van der Waals surface area contributed by atoms with Crippen molar-refractivity contribution >= 4 is 34.9 Å². The molecule has 0 spiro atoms. The van der Waals surface area contributed by atoms with Crippen molar-refractivity contribution in [1.29, 1.82) is 0 Å². The normalized spacial score (nSPS) is 11.7. The number of furan rings is 1. The first-order chi connectivity index (χ1) is 9.76. The Kier molecular flexibility index (Phi) is 3.44. The minimum absolute atomic E-state index is 0.222. The summed E-state index contributed by atoms with van der Waals surface area (Å²) in [6.07, 6.45) is 3.02. The van der Waals surface area contributed by atoms with Gasteiger partial charge < -0.3 is 14.1 Å². The monoisotopic (exact) mass is 291 g/mol. The molecule has 0 aromatic carbocycles. The molecule has 102 valence electrons. The zero-order valence-corrected chi connectivity index (χ0v) is 11.3. The van der Waals surface area contributed by atoms with Crippen molar-refractivity contribution in [3.05, 3.63) is 35.1 Å². The van der Waals surface area contributed by atoms with E-state index in [0.717, 1.165) is 5.76 Å². The first kappa shape index (κ1) is 12.8. The number of hydrogen-bond donors (Lipinski definition) is 1. The van der Waals surface area contributed by atoms with Crippen molar-refractivity contribution in [2.75, 3.05) is 7.11 Å². The number of nitrogens with zero attached hydrogens (tertiary/aromatic N) is 4. The van der Waals surface area contributed by atoms with Crippen LogP contribution in [0.4, 0.5) is 5.95 Å². The number of aromatic nitrogens is 4. The summed E-state index contributed by atoms with van der Waals surface area (Å²) in [7, 11) is 1.60. The van der Waals surface area contributed by atoms with E-state index in [1.54, 1.807) is 13.2 Å². The summed E-state index contributed by atoms with van der Waals surface area (Å²) in [6.45, 7) is 0.412. The Morgan fingerprint density at radius 3 is 3.20 bits per heavy atom. The van der Waals surface area contributed by atoms with Crippen LogP contribution in [-0.2, 0) is 11.3 Å². The van der Waals surface area contributed by atoms with E-state index in [0.29, 0.717) is 23.5 Å². The topological polar surface area (TPSA) is 89.2 Å². The van der Waals surface area contributed by atoms with Crippen molar-refractivity contribution < 1.29 is 9.15 Å². The third-order valence-corrected chi connectivity index (χ3v) is 2.78. The predicted molar refractivity (Wildman–Crippen MR) is 73.4 cm³/mol. The zero-order chi connectivity index (χ0) is 13.9. The predicted octanol–water partition coefficient (Wildman–Crippen LogP) is 2.50. The number of methoxy groups -OCH3 is 1. The zero-order valence-electron chi connectivity index (χ0n) is 10.5. The fourth-order valence-electron chi connectivity index (χ4n) is 1.65. The second kappa shape index (κ2) is 5.40. The standard InChI is InChI=1S/C12H10ClN5O2/c1-19-5-8-3-2-7(20-8)4-14-12-17-10(13)9-11(18-12)16-6-15-9/h2-4,6H,5H2,1H3,(H,15,16,17,18). The molecule has 0 aliphatic heterocycles. The van der Waals surface area contributed by atoms with Gasteiger partial charge in [-0.3, -0.25) is 0 Å².